The molecule has 1 aliphatic rings. The van der Waals surface area contributed by atoms with E-state index in [4.69, 9.17) is 33.3 Å². The number of hydrogen-bond donors (Lipinski definition) is 1. The van der Waals surface area contributed by atoms with Gasteiger partial charge >= 0.3 is 0 Å². The van der Waals surface area contributed by atoms with E-state index < -0.39 is 11.8 Å². The zero-order valence-corrected chi connectivity index (χ0v) is 21.7. The van der Waals surface area contributed by atoms with Crippen molar-refractivity contribution in [3.05, 3.63) is 93.5 Å². The van der Waals surface area contributed by atoms with Crippen LogP contribution in [-0.2, 0) is 22.6 Å². The van der Waals surface area contributed by atoms with Crippen molar-refractivity contribution in [2.75, 3.05) is 12.0 Å². The molecule has 0 aliphatic carbocycles. The summed E-state index contributed by atoms with van der Waals surface area (Å²) in [4.78, 5) is 27.3. The van der Waals surface area contributed by atoms with E-state index in [1.54, 1.807) is 42.5 Å². The van der Waals surface area contributed by atoms with Gasteiger partial charge in [0, 0.05) is 5.56 Å². The fraction of sp³-hybridized carbons (Fsp3) is 0.143. The van der Waals surface area contributed by atoms with Crippen molar-refractivity contribution in [2.24, 2.45) is 0 Å². The molecule has 0 spiro atoms. The number of halogens is 1. The first-order chi connectivity index (χ1) is 17.9. The van der Waals surface area contributed by atoms with Crippen molar-refractivity contribution < 1.29 is 19.1 Å². The number of nitrogens with one attached hydrogen (secondary N) is 1. The van der Waals surface area contributed by atoms with Gasteiger partial charge in [0.1, 0.15) is 12.2 Å². The number of carbonyl (C=O) groups is 2. The molecule has 0 atom stereocenters. The van der Waals surface area contributed by atoms with Crippen molar-refractivity contribution >= 4 is 52.5 Å². The van der Waals surface area contributed by atoms with Gasteiger partial charge in [0.2, 0.25) is 0 Å². The van der Waals surface area contributed by atoms with E-state index in [-0.39, 0.29) is 28.1 Å². The van der Waals surface area contributed by atoms with E-state index in [1.807, 2.05) is 25.1 Å². The van der Waals surface area contributed by atoms with Crippen LogP contribution < -0.4 is 19.7 Å². The third-order valence-corrected chi connectivity index (χ3v) is 6.34. The summed E-state index contributed by atoms with van der Waals surface area (Å²) in [5.74, 6) is -0.584. The van der Waals surface area contributed by atoms with Gasteiger partial charge in [0.25, 0.3) is 11.8 Å². The minimum atomic E-state index is -0.611. The Kier molecular flexibility index (Phi) is 7.87. The maximum atomic E-state index is 13.3. The number of aryl methyl sites for hydroxylation is 1. The minimum absolute atomic E-state index is 0.00779. The van der Waals surface area contributed by atoms with E-state index in [1.165, 1.54) is 18.1 Å². The first-order valence-electron chi connectivity index (χ1n) is 11.3. The predicted octanol–water partition coefficient (Wildman–Crippen LogP) is 5.19. The molecule has 7 nitrogen and oxygen atoms in total. The highest BCUT2D eigenvalue weighted by atomic mass is 35.5. The topological polar surface area (TPSA) is 91.7 Å². The highest BCUT2D eigenvalue weighted by Crippen LogP contribution is 2.38. The molecule has 0 bridgehead atoms. The van der Waals surface area contributed by atoms with Crippen LogP contribution in [0.2, 0.25) is 5.02 Å². The summed E-state index contributed by atoms with van der Waals surface area (Å²) < 4.78 is 11.3. The zero-order chi connectivity index (χ0) is 26.5. The van der Waals surface area contributed by atoms with Gasteiger partial charge < -0.3 is 9.47 Å². The fourth-order valence-corrected chi connectivity index (χ4v) is 4.36. The lowest BCUT2D eigenvalue weighted by molar-refractivity contribution is -0.122. The van der Waals surface area contributed by atoms with Crippen LogP contribution in [0, 0.1) is 11.3 Å². The molecule has 186 valence electrons. The molecule has 3 aromatic rings. The maximum absolute atomic E-state index is 13.3. The number of nitriles is 1. The number of amides is 2. The monoisotopic (exact) mass is 531 g/mol. The Balaban J connectivity index is 1.64. The second-order valence-electron chi connectivity index (χ2n) is 8.07. The molecule has 1 heterocycles. The molecule has 0 saturated carbocycles. The number of rotatable bonds is 7. The van der Waals surface area contributed by atoms with Crippen molar-refractivity contribution in [1.82, 2.24) is 5.32 Å². The Labute approximate surface area is 224 Å². The quantitative estimate of drug-likeness (QED) is 0.256. The third-order valence-electron chi connectivity index (χ3n) is 5.78. The molecule has 1 N–H and O–H groups in total. The van der Waals surface area contributed by atoms with E-state index in [0.717, 1.165) is 12.0 Å². The molecular formula is C28H22ClN3O4S. The summed E-state index contributed by atoms with van der Waals surface area (Å²) in [6.07, 6.45) is 2.28. The predicted molar refractivity (Wildman–Crippen MR) is 146 cm³/mol. The van der Waals surface area contributed by atoms with Gasteiger partial charge in [-0.15, -0.1) is 0 Å². The third kappa shape index (κ3) is 5.48. The standard InChI is InChI=1S/C28H22ClN3O4S/c1-3-17-8-10-21(11-9-17)32-27(34)22(26(33)31-28(32)37)12-18-13-23(29)25(24(14-18)35-2)36-16-20-7-5-4-6-19(20)15-30/h4-14H,3,16H2,1-2H3,(H,31,33,37)/b22-12+. The summed E-state index contributed by atoms with van der Waals surface area (Å²) in [7, 11) is 1.46. The van der Waals surface area contributed by atoms with Crippen molar-refractivity contribution in [1.29, 1.82) is 5.26 Å². The van der Waals surface area contributed by atoms with Gasteiger partial charge in [-0.3, -0.25) is 19.8 Å². The van der Waals surface area contributed by atoms with Gasteiger partial charge in [-0.2, -0.15) is 5.26 Å². The second-order valence-corrected chi connectivity index (χ2v) is 8.86. The Hall–Kier alpha value is -4.19. The summed E-state index contributed by atoms with van der Waals surface area (Å²) >= 11 is 11.8. The average molecular weight is 532 g/mol. The highest BCUT2D eigenvalue weighted by molar-refractivity contribution is 7.80. The smallest absolute Gasteiger partial charge is 0.270 e. The van der Waals surface area contributed by atoms with Crippen LogP contribution in [-0.4, -0.2) is 24.0 Å². The molecule has 2 amide bonds. The van der Waals surface area contributed by atoms with Gasteiger partial charge in [-0.05, 0) is 66.2 Å². The second kappa shape index (κ2) is 11.2. The number of ether oxygens (including phenoxy) is 2. The van der Waals surface area contributed by atoms with Crippen molar-refractivity contribution in [3.63, 3.8) is 0 Å². The zero-order valence-electron chi connectivity index (χ0n) is 20.1. The number of hydrogen-bond acceptors (Lipinski definition) is 6. The normalized spacial score (nSPS) is 14.4. The highest BCUT2D eigenvalue weighted by Gasteiger charge is 2.34. The molecular weight excluding hydrogens is 510 g/mol. The van der Waals surface area contributed by atoms with Crippen molar-refractivity contribution in [3.8, 4) is 17.6 Å². The minimum Gasteiger partial charge on any atom is -0.493 e. The maximum Gasteiger partial charge on any atom is 0.270 e. The Morgan fingerprint density at radius 1 is 1.14 bits per heavy atom. The van der Waals surface area contributed by atoms with E-state index in [0.29, 0.717) is 28.1 Å². The lowest BCUT2D eigenvalue weighted by Gasteiger charge is -2.29. The largest absolute Gasteiger partial charge is 0.493 e. The molecule has 1 aliphatic heterocycles. The number of carbonyl (C=O) groups excluding carboxylic acids is 2. The summed E-state index contributed by atoms with van der Waals surface area (Å²) in [6, 6.07) is 19.8. The van der Waals surface area contributed by atoms with Crippen LogP contribution in [0.5, 0.6) is 11.5 Å². The van der Waals surface area contributed by atoms with E-state index >= 15 is 0 Å². The molecule has 3 aromatic carbocycles. The number of benzene rings is 3. The van der Waals surface area contributed by atoms with Crippen molar-refractivity contribution in [2.45, 2.75) is 20.0 Å². The molecule has 1 saturated heterocycles. The van der Waals surface area contributed by atoms with E-state index in [9.17, 15) is 14.9 Å². The Morgan fingerprint density at radius 2 is 1.86 bits per heavy atom. The Morgan fingerprint density at radius 3 is 2.54 bits per heavy atom. The molecule has 0 unspecified atom stereocenters. The summed E-state index contributed by atoms with van der Waals surface area (Å²) in [5.41, 5.74) is 3.20. The molecule has 9 heteroatoms. The van der Waals surface area contributed by atoms with Gasteiger partial charge in [-0.1, -0.05) is 48.9 Å². The van der Waals surface area contributed by atoms with Gasteiger partial charge in [0.15, 0.2) is 16.6 Å². The first-order valence-corrected chi connectivity index (χ1v) is 12.1. The van der Waals surface area contributed by atoms with Crippen LogP contribution >= 0.6 is 23.8 Å². The van der Waals surface area contributed by atoms with Crippen LogP contribution in [0.15, 0.2) is 66.2 Å². The number of anilines is 1. The average Bonchev–Trinajstić information content (AvgIpc) is 2.90. The number of methoxy groups -OCH3 is 1. The van der Waals surface area contributed by atoms with Crippen LogP contribution in [0.1, 0.15) is 29.2 Å². The van der Waals surface area contributed by atoms with Crippen LogP contribution in [0.3, 0.4) is 0 Å². The molecule has 37 heavy (non-hydrogen) atoms. The van der Waals surface area contributed by atoms with E-state index in [2.05, 4.69) is 11.4 Å². The summed E-state index contributed by atoms with van der Waals surface area (Å²) in [6.45, 7) is 2.14. The Bertz CT molecular complexity index is 1460. The SMILES string of the molecule is CCc1ccc(N2C(=O)/C(=C/c3cc(Cl)c(OCc4ccccc4C#N)c(OC)c3)C(=O)NC2=S)cc1. The first kappa shape index (κ1) is 25.9. The van der Waals surface area contributed by atoms with Crippen LogP contribution in [0.4, 0.5) is 5.69 Å². The molecule has 4 rings (SSSR count). The fourth-order valence-electron chi connectivity index (χ4n) is 3.81. The molecule has 1 fully saturated rings. The molecule has 0 radical (unpaired) electrons. The summed E-state index contributed by atoms with van der Waals surface area (Å²) in [5, 5.41) is 12.1. The number of thiocarbonyl (C=S) groups is 1. The van der Waals surface area contributed by atoms with Gasteiger partial charge in [-0.25, -0.2) is 0 Å². The lowest BCUT2D eigenvalue weighted by atomic mass is 10.1. The van der Waals surface area contributed by atoms with Gasteiger partial charge in [0.05, 0.1) is 29.5 Å². The number of nitrogens with zero attached hydrogens (tertiary/aromatic N) is 2. The molecule has 0 aromatic heterocycles. The lowest BCUT2D eigenvalue weighted by Crippen LogP contribution is -2.54. The van der Waals surface area contributed by atoms with Crippen LogP contribution in [0.25, 0.3) is 6.08 Å².